The second-order valence-corrected chi connectivity index (χ2v) is 1.48. The Morgan fingerprint density at radius 1 is 1.71 bits per heavy atom. The number of hydrogen-bond acceptors (Lipinski definition) is 2. The van der Waals surface area contributed by atoms with Gasteiger partial charge in [0.25, 0.3) is 0 Å². The van der Waals surface area contributed by atoms with Crippen LogP contribution in [0.2, 0.25) is 5.22 Å². The highest BCUT2D eigenvalue weighted by Gasteiger charge is 1.91. The van der Waals surface area contributed by atoms with E-state index < -0.39 is 0 Å². The Kier molecular flexibility index (Phi) is 0.947. The van der Waals surface area contributed by atoms with Crippen LogP contribution in [0.15, 0.2) is 16.7 Å². The molecule has 1 aromatic heterocycles. The molecule has 0 bridgehead atoms. The fraction of sp³-hybridized carbons (Fsp3) is 0. The first-order valence-electron chi connectivity index (χ1n) is 1.72. The second kappa shape index (κ2) is 1.46. The topological polar surface area (TPSA) is 33.4 Å². The Balaban J connectivity index is 3.04. The number of rotatable bonds is 0. The van der Waals surface area contributed by atoms with E-state index in [1.807, 2.05) is 0 Å². The van der Waals surface area contributed by atoms with E-state index in [1.165, 1.54) is 12.3 Å². The minimum Gasteiger partial charge on any atom is -0.505 e. The maximum absolute atomic E-state index is 8.47. The normalized spacial score (nSPS) is 9.29. The lowest BCUT2D eigenvalue weighted by molar-refractivity contribution is 0.458. The molecule has 0 aliphatic heterocycles. The summed E-state index contributed by atoms with van der Waals surface area (Å²) in [7, 11) is 0. The van der Waals surface area contributed by atoms with Gasteiger partial charge in [-0.15, -0.1) is 0 Å². The largest absolute Gasteiger partial charge is 0.505 e. The molecule has 7 heavy (non-hydrogen) atoms. The van der Waals surface area contributed by atoms with Crippen LogP contribution in [0.3, 0.4) is 0 Å². The number of halogens is 1. The van der Waals surface area contributed by atoms with Crippen molar-refractivity contribution in [2.75, 3.05) is 0 Å². The minimum absolute atomic E-state index is 0.0602. The zero-order chi connectivity index (χ0) is 5.28. The summed E-state index contributed by atoms with van der Waals surface area (Å²) in [5.74, 6) is 0.0602. The van der Waals surface area contributed by atoms with Crippen molar-refractivity contribution in [2.45, 2.75) is 0 Å². The highest BCUT2D eigenvalue weighted by atomic mass is 35.5. The Labute approximate surface area is 45.3 Å². The quantitative estimate of drug-likeness (QED) is 0.562. The fourth-order valence-corrected chi connectivity index (χ4v) is 0.457. The highest BCUT2D eigenvalue weighted by molar-refractivity contribution is 6.28. The van der Waals surface area contributed by atoms with Gasteiger partial charge in [0.2, 0.25) is 0 Å². The smallest absolute Gasteiger partial charge is 0.196 e. The Hall–Kier alpha value is -0.630. The van der Waals surface area contributed by atoms with Gasteiger partial charge < -0.3 is 9.52 Å². The molecule has 0 spiro atoms. The highest BCUT2D eigenvalue weighted by Crippen LogP contribution is 2.17. The first-order valence-corrected chi connectivity index (χ1v) is 2.10. The van der Waals surface area contributed by atoms with Crippen molar-refractivity contribution in [3.05, 3.63) is 17.5 Å². The van der Waals surface area contributed by atoms with Crippen LogP contribution >= 0.6 is 11.6 Å². The van der Waals surface area contributed by atoms with Crippen LogP contribution in [0.5, 0.6) is 5.75 Å². The Bertz CT molecular complexity index is 142. The molecule has 0 unspecified atom stereocenters. The van der Waals surface area contributed by atoms with E-state index in [-0.39, 0.29) is 11.0 Å². The van der Waals surface area contributed by atoms with E-state index >= 15 is 0 Å². The van der Waals surface area contributed by atoms with Crippen molar-refractivity contribution in [1.29, 1.82) is 0 Å². The number of hydrogen-bond donors (Lipinski definition) is 1. The van der Waals surface area contributed by atoms with Gasteiger partial charge in [-0.05, 0) is 11.6 Å². The van der Waals surface area contributed by atoms with Gasteiger partial charge in [-0.3, -0.25) is 0 Å². The third kappa shape index (κ3) is 0.871. The SMILES string of the molecule is Oc1coc(Cl)c1. The molecule has 0 saturated carbocycles. The molecule has 0 radical (unpaired) electrons. The predicted octanol–water partition coefficient (Wildman–Crippen LogP) is 1.64. The van der Waals surface area contributed by atoms with Crippen molar-refractivity contribution in [1.82, 2.24) is 0 Å². The molecule has 2 nitrogen and oxygen atoms in total. The number of furan rings is 1. The third-order valence-corrected chi connectivity index (χ3v) is 0.752. The van der Waals surface area contributed by atoms with Gasteiger partial charge in [-0.25, -0.2) is 0 Å². The van der Waals surface area contributed by atoms with Crippen LogP contribution in [0.4, 0.5) is 0 Å². The van der Waals surface area contributed by atoms with Crippen molar-refractivity contribution in [3.8, 4) is 5.75 Å². The molecule has 0 atom stereocenters. The average molecular weight is 119 g/mol. The zero-order valence-corrected chi connectivity index (χ0v) is 4.14. The van der Waals surface area contributed by atoms with E-state index in [4.69, 9.17) is 16.7 Å². The molecule has 0 aliphatic carbocycles. The van der Waals surface area contributed by atoms with Crippen molar-refractivity contribution >= 4 is 11.6 Å². The van der Waals surface area contributed by atoms with Crippen molar-refractivity contribution in [3.63, 3.8) is 0 Å². The summed E-state index contributed by atoms with van der Waals surface area (Å²) < 4.78 is 4.48. The predicted molar refractivity (Wildman–Crippen MR) is 25.4 cm³/mol. The van der Waals surface area contributed by atoms with Crippen molar-refractivity contribution < 1.29 is 9.52 Å². The van der Waals surface area contributed by atoms with Gasteiger partial charge in [0.15, 0.2) is 11.0 Å². The van der Waals surface area contributed by atoms with Crippen LogP contribution < -0.4 is 0 Å². The molecule has 1 aromatic rings. The maximum atomic E-state index is 8.47. The molecule has 38 valence electrons. The second-order valence-electron chi connectivity index (χ2n) is 1.11. The number of aromatic hydroxyl groups is 1. The van der Waals surface area contributed by atoms with Gasteiger partial charge in [-0.2, -0.15) is 0 Å². The lowest BCUT2D eigenvalue weighted by atomic mass is 10.6. The summed E-state index contributed by atoms with van der Waals surface area (Å²) >= 11 is 5.23. The molecular weight excluding hydrogens is 115 g/mol. The first-order chi connectivity index (χ1) is 3.29. The van der Waals surface area contributed by atoms with E-state index in [0.717, 1.165) is 0 Å². The molecule has 1 rings (SSSR count). The van der Waals surface area contributed by atoms with Gasteiger partial charge in [0.1, 0.15) is 6.26 Å². The lowest BCUT2D eigenvalue weighted by Gasteiger charge is -1.66. The Morgan fingerprint density at radius 3 is 2.57 bits per heavy atom. The summed E-state index contributed by atoms with van der Waals surface area (Å²) in [6.07, 6.45) is 1.17. The molecule has 0 amide bonds. The zero-order valence-electron chi connectivity index (χ0n) is 3.39. The molecule has 0 saturated heterocycles. The summed E-state index contributed by atoms with van der Waals surface area (Å²) in [4.78, 5) is 0. The van der Waals surface area contributed by atoms with Gasteiger partial charge >= 0.3 is 0 Å². The molecule has 0 aliphatic rings. The van der Waals surface area contributed by atoms with E-state index in [9.17, 15) is 0 Å². The fourth-order valence-electron chi connectivity index (χ4n) is 0.301. The summed E-state index contributed by atoms with van der Waals surface area (Å²) in [6, 6.07) is 1.32. The molecular formula is C4H3ClO2. The minimum atomic E-state index is 0.0602. The average Bonchev–Trinajstić information content (AvgIpc) is 1.87. The summed E-state index contributed by atoms with van der Waals surface area (Å²) in [5.41, 5.74) is 0. The third-order valence-electron chi connectivity index (χ3n) is 0.554. The molecule has 1 N–H and O–H groups in total. The summed E-state index contributed by atoms with van der Waals surface area (Å²) in [6.45, 7) is 0. The van der Waals surface area contributed by atoms with Crippen LogP contribution in [0.25, 0.3) is 0 Å². The maximum Gasteiger partial charge on any atom is 0.196 e. The standard InChI is InChI=1S/C4H3ClO2/c5-4-1-3(6)2-7-4/h1-2,6H. The molecule has 3 heteroatoms. The van der Waals surface area contributed by atoms with Crippen LogP contribution in [-0.2, 0) is 0 Å². The van der Waals surface area contributed by atoms with Crippen LogP contribution in [0, 0.1) is 0 Å². The van der Waals surface area contributed by atoms with Gasteiger partial charge in [0.05, 0.1) is 0 Å². The monoisotopic (exact) mass is 118 g/mol. The van der Waals surface area contributed by atoms with Gasteiger partial charge in [0, 0.05) is 6.07 Å². The first kappa shape index (κ1) is 4.53. The van der Waals surface area contributed by atoms with Gasteiger partial charge in [-0.1, -0.05) is 0 Å². The molecule has 1 heterocycles. The van der Waals surface area contributed by atoms with E-state index in [0.29, 0.717) is 0 Å². The molecule has 0 aromatic carbocycles. The summed E-state index contributed by atoms with van der Waals surface area (Å²) in [5, 5.41) is 8.68. The Morgan fingerprint density at radius 2 is 2.43 bits per heavy atom. The van der Waals surface area contributed by atoms with E-state index in [1.54, 1.807) is 0 Å². The lowest BCUT2D eigenvalue weighted by Crippen LogP contribution is -1.42. The molecule has 0 fully saturated rings. The van der Waals surface area contributed by atoms with Crippen molar-refractivity contribution in [2.24, 2.45) is 0 Å². The van der Waals surface area contributed by atoms with Crippen LogP contribution in [0.1, 0.15) is 0 Å². The van der Waals surface area contributed by atoms with Crippen LogP contribution in [-0.4, -0.2) is 5.11 Å². The van der Waals surface area contributed by atoms with E-state index in [2.05, 4.69) is 4.42 Å².